The van der Waals surface area contributed by atoms with E-state index < -0.39 is 0 Å². The summed E-state index contributed by atoms with van der Waals surface area (Å²) < 4.78 is 5.35. The number of carbonyl (C=O) groups is 1. The number of para-hydroxylation sites is 1. The van der Waals surface area contributed by atoms with Crippen LogP contribution < -0.4 is 15.4 Å². The lowest BCUT2D eigenvalue weighted by Crippen LogP contribution is -2.39. The second-order valence-electron chi connectivity index (χ2n) is 4.32. The maximum absolute atomic E-state index is 11.6. The Morgan fingerprint density at radius 3 is 3.06 bits per heavy atom. The molecule has 1 unspecified atom stereocenters. The van der Waals surface area contributed by atoms with Crippen molar-refractivity contribution < 1.29 is 9.53 Å². The first-order valence-corrected chi connectivity index (χ1v) is 6.51. The highest BCUT2D eigenvalue weighted by molar-refractivity contribution is 6.32. The molecule has 18 heavy (non-hydrogen) atoms. The van der Waals surface area contributed by atoms with E-state index in [0.29, 0.717) is 23.4 Å². The number of hydrogen-bond donors (Lipinski definition) is 2. The molecule has 1 aromatic carbocycles. The molecule has 0 spiro atoms. The van der Waals surface area contributed by atoms with E-state index in [1.54, 1.807) is 12.1 Å². The average Bonchev–Trinajstić information content (AvgIpc) is 2.88. The van der Waals surface area contributed by atoms with Crippen molar-refractivity contribution in [1.82, 2.24) is 10.6 Å². The standard InChI is InChI=1S/C13H17ClN2O2/c14-11-5-1-2-6-12(11)18-9-13(17)16-8-10-4-3-7-15-10/h1-2,5-6,10,15H,3-4,7-9H2,(H,16,17). The van der Waals surface area contributed by atoms with Crippen LogP contribution in [-0.2, 0) is 4.79 Å². The van der Waals surface area contributed by atoms with Crippen LogP contribution in [0.25, 0.3) is 0 Å². The van der Waals surface area contributed by atoms with E-state index in [4.69, 9.17) is 16.3 Å². The Bertz CT molecular complexity index is 406. The molecule has 1 aliphatic heterocycles. The van der Waals surface area contributed by atoms with Gasteiger partial charge in [0.15, 0.2) is 6.61 Å². The minimum Gasteiger partial charge on any atom is -0.482 e. The molecule has 1 atom stereocenters. The van der Waals surface area contributed by atoms with Crippen LogP contribution in [-0.4, -0.2) is 31.6 Å². The molecule has 0 bridgehead atoms. The molecule has 98 valence electrons. The van der Waals surface area contributed by atoms with Gasteiger partial charge in [0.25, 0.3) is 5.91 Å². The Hall–Kier alpha value is -1.26. The van der Waals surface area contributed by atoms with Crippen molar-refractivity contribution >= 4 is 17.5 Å². The Labute approximate surface area is 112 Å². The van der Waals surface area contributed by atoms with Gasteiger partial charge in [0, 0.05) is 12.6 Å². The van der Waals surface area contributed by atoms with E-state index in [0.717, 1.165) is 13.0 Å². The zero-order chi connectivity index (χ0) is 12.8. The van der Waals surface area contributed by atoms with Gasteiger partial charge in [-0.2, -0.15) is 0 Å². The van der Waals surface area contributed by atoms with Gasteiger partial charge < -0.3 is 15.4 Å². The van der Waals surface area contributed by atoms with E-state index in [2.05, 4.69) is 10.6 Å². The summed E-state index contributed by atoms with van der Waals surface area (Å²) in [6, 6.07) is 7.52. The highest BCUT2D eigenvalue weighted by atomic mass is 35.5. The summed E-state index contributed by atoms with van der Waals surface area (Å²) in [7, 11) is 0. The van der Waals surface area contributed by atoms with Crippen molar-refractivity contribution in [2.45, 2.75) is 18.9 Å². The molecule has 0 saturated carbocycles. The van der Waals surface area contributed by atoms with Crippen LogP contribution >= 0.6 is 11.6 Å². The first-order valence-electron chi connectivity index (χ1n) is 6.13. The fourth-order valence-corrected chi connectivity index (χ4v) is 2.11. The minimum atomic E-state index is -0.122. The number of ether oxygens (including phenoxy) is 1. The van der Waals surface area contributed by atoms with Crippen LogP contribution in [0.5, 0.6) is 5.75 Å². The van der Waals surface area contributed by atoms with Crippen molar-refractivity contribution in [2.75, 3.05) is 19.7 Å². The molecular weight excluding hydrogens is 252 g/mol. The van der Waals surface area contributed by atoms with Crippen molar-refractivity contribution in [1.29, 1.82) is 0 Å². The number of halogens is 1. The zero-order valence-corrected chi connectivity index (χ0v) is 10.9. The van der Waals surface area contributed by atoms with E-state index in [9.17, 15) is 4.79 Å². The maximum atomic E-state index is 11.6. The molecule has 1 aliphatic rings. The molecule has 1 fully saturated rings. The maximum Gasteiger partial charge on any atom is 0.257 e. The molecule has 1 saturated heterocycles. The molecule has 1 amide bonds. The third-order valence-electron chi connectivity index (χ3n) is 2.90. The molecule has 4 nitrogen and oxygen atoms in total. The van der Waals surface area contributed by atoms with Gasteiger partial charge in [0.1, 0.15) is 5.75 Å². The first-order chi connectivity index (χ1) is 8.75. The molecule has 1 aromatic rings. The van der Waals surface area contributed by atoms with Gasteiger partial charge in [-0.1, -0.05) is 23.7 Å². The summed E-state index contributed by atoms with van der Waals surface area (Å²) in [4.78, 5) is 11.6. The van der Waals surface area contributed by atoms with Crippen molar-refractivity contribution in [3.63, 3.8) is 0 Å². The molecule has 2 rings (SSSR count). The number of benzene rings is 1. The Kier molecular flexibility index (Phi) is 4.84. The molecule has 2 N–H and O–H groups in total. The largest absolute Gasteiger partial charge is 0.482 e. The predicted molar refractivity (Wildman–Crippen MR) is 71.0 cm³/mol. The molecular formula is C13H17ClN2O2. The Morgan fingerprint density at radius 2 is 2.33 bits per heavy atom. The van der Waals surface area contributed by atoms with Gasteiger partial charge in [-0.15, -0.1) is 0 Å². The predicted octanol–water partition coefficient (Wildman–Crippen LogP) is 1.59. The molecule has 1 heterocycles. The number of nitrogens with one attached hydrogen (secondary N) is 2. The second kappa shape index (κ2) is 6.61. The van der Waals surface area contributed by atoms with E-state index in [1.807, 2.05) is 12.1 Å². The minimum absolute atomic E-state index is 0.00352. The monoisotopic (exact) mass is 268 g/mol. The topological polar surface area (TPSA) is 50.4 Å². The third-order valence-corrected chi connectivity index (χ3v) is 3.22. The zero-order valence-electron chi connectivity index (χ0n) is 10.1. The fraction of sp³-hybridized carbons (Fsp3) is 0.462. The summed E-state index contributed by atoms with van der Waals surface area (Å²) in [5.41, 5.74) is 0. The second-order valence-corrected chi connectivity index (χ2v) is 4.72. The van der Waals surface area contributed by atoms with Crippen LogP contribution in [0.3, 0.4) is 0 Å². The summed E-state index contributed by atoms with van der Waals surface area (Å²) in [5.74, 6) is 0.414. The Balaban J connectivity index is 1.69. The van der Waals surface area contributed by atoms with E-state index in [-0.39, 0.29) is 12.5 Å². The number of amides is 1. The number of rotatable bonds is 5. The van der Waals surface area contributed by atoms with Gasteiger partial charge in [-0.3, -0.25) is 4.79 Å². The quantitative estimate of drug-likeness (QED) is 0.853. The summed E-state index contributed by atoms with van der Waals surface area (Å²) in [6.07, 6.45) is 2.29. The SMILES string of the molecule is O=C(COc1ccccc1Cl)NCC1CCCN1. The van der Waals surface area contributed by atoms with Gasteiger partial charge in [-0.25, -0.2) is 0 Å². The normalized spacial score (nSPS) is 18.6. The third kappa shape index (κ3) is 3.89. The lowest BCUT2D eigenvalue weighted by atomic mass is 10.2. The molecule has 5 heteroatoms. The summed E-state index contributed by atoms with van der Waals surface area (Å²) >= 11 is 5.92. The van der Waals surface area contributed by atoms with Crippen LogP contribution in [0.2, 0.25) is 5.02 Å². The summed E-state index contributed by atoms with van der Waals surface area (Å²) in [6.45, 7) is 1.69. The first kappa shape index (κ1) is 13.2. The Morgan fingerprint density at radius 1 is 1.50 bits per heavy atom. The van der Waals surface area contributed by atoms with Crippen LogP contribution in [0.1, 0.15) is 12.8 Å². The molecule has 0 aromatic heterocycles. The highest BCUT2D eigenvalue weighted by Gasteiger charge is 2.14. The number of carbonyl (C=O) groups excluding carboxylic acids is 1. The number of hydrogen-bond acceptors (Lipinski definition) is 3. The fourth-order valence-electron chi connectivity index (χ4n) is 1.92. The molecule has 0 aliphatic carbocycles. The van der Waals surface area contributed by atoms with Crippen molar-refractivity contribution in [3.05, 3.63) is 29.3 Å². The van der Waals surface area contributed by atoms with Gasteiger partial charge >= 0.3 is 0 Å². The lowest BCUT2D eigenvalue weighted by molar-refractivity contribution is -0.123. The van der Waals surface area contributed by atoms with Gasteiger partial charge in [-0.05, 0) is 31.5 Å². The van der Waals surface area contributed by atoms with Crippen LogP contribution in [0.15, 0.2) is 24.3 Å². The van der Waals surface area contributed by atoms with Crippen LogP contribution in [0.4, 0.5) is 0 Å². The molecule has 0 radical (unpaired) electrons. The van der Waals surface area contributed by atoms with Crippen molar-refractivity contribution in [3.8, 4) is 5.75 Å². The lowest BCUT2D eigenvalue weighted by Gasteiger charge is -2.12. The van der Waals surface area contributed by atoms with Crippen LogP contribution in [0, 0.1) is 0 Å². The van der Waals surface area contributed by atoms with E-state index in [1.165, 1.54) is 6.42 Å². The van der Waals surface area contributed by atoms with Gasteiger partial charge in [0.2, 0.25) is 0 Å². The van der Waals surface area contributed by atoms with Crippen molar-refractivity contribution in [2.24, 2.45) is 0 Å². The van der Waals surface area contributed by atoms with Gasteiger partial charge in [0.05, 0.1) is 5.02 Å². The summed E-state index contributed by atoms with van der Waals surface area (Å²) in [5, 5.41) is 6.68. The van der Waals surface area contributed by atoms with E-state index >= 15 is 0 Å². The highest BCUT2D eigenvalue weighted by Crippen LogP contribution is 2.22. The average molecular weight is 269 g/mol. The smallest absolute Gasteiger partial charge is 0.257 e.